The molecule has 0 saturated heterocycles. The third-order valence-corrected chi connectivity index (χ3v) is 2.92. The van der Waals surface area contributed by atoms with Gasteiger partial charge in [-0.05, 0) is 19.8 Å². The van der Waals surface area contributed by atoms with Crippen LogP contribution in [0.5, 0.6) is 0 Å². The maximum absolute atomic E-state index is 11.9. The van der Waals surface area contributed by atoms with E-state index in [1.54, 1.807) is 11.9 Å². The normalized spacial score (nSPS) is 24.9. The molecule has 84 valence electrons. The minimum Gasteiger partial charge on any atom is -0.481 e. The molecule has 0 aliphatic heterocycles. The predicted molar refractivity (Wildman–Crippen MR) is 56.3 cm³/mol. The fourth-order valence-electron chi connectivity index (χ4n) is 1.80. The smallest absolute Gasteiger partial charge is 0.307 e. The van der Waals surface area contributed by atoms with Gasteiger partial charge in [0, 0.05) is 13.6 Å². The van der Waals surface area contributed by atoms with Gasteiger partial charge in [0.1, 0.15) is 0 Å². The van der Waals surface area contributed by atoms with E-state index < -0.39 is 17.8 Å². The molecule has 4 nitrogen and oxygen atoms in total. The van der Waals surface area contributed by atoms with E-state index in [1.807, 2.05) is 19.1 Å². The minimum atomic E-state index is -0.873. The molecule has 0 aromatic rings. The number of allylic oxidation sites excluding steroid dienone is 2. The molecule has 4 heteroatoms. The molecule has 0 unspecified atom stereocenters. The highest BCUT2D eigenvalue weighted by molar-refractivity contribution is 5.85. The first-order valence-electron chi connectivity index (χ1n) is 5.20. The van der Waals surface area contributed by atoms with Crippen molar-refractivity contribution in [3.05, 3.63) is 12.2 Å². The molecule has 0 fully saturated rings. The van der Waals surface area contributed by atoms with E-state index in [4.69, 9.17) is 5.11 Å². The van der Waals surface area contributed by atoms with Crippen molar-refractivity contribution in [1.82, 2.24) is 4.90 Å². The zero-order valence-corrected chi connectivity index (χ0v) is 9.14. The fourth-order valence-corrected chi connectivity index (χ4v) is 1.80. The number of hydrogen-bond donors (Lipinski definition) is 1. The third kappa shape index (κ3) is 2.58. The van der Waals surface area contributed by atoms with E-state index in [2.05, 4.69) is 0 Å². The number of carboxylic acid groups (broad SMARTS) is 1. The summed E-state index contributed by atoms with van der Waals surface area (Å²) in [4.78, 5) is 24.4. The summed E-state index contributed by atoms with van der Waals surface area (Å²) in [7, 11) is 1.71. The van der Waals surface area contributed by atoms with Gasteiger partial charge < -0.3 is 10.0 Å². The Hall–Kier alpha value is -1.32. The molecule has 0 aromatic carbocycles. The lowest BCUT2D eigenvalue weighted by molar-refractivity contribution is -0.150. The van der Waals surface area contributed by atoms with Gasteiger partial charge in [-0.25, -0.2) is 0 Å². The van der Waals surface area contributed by atoms with E-state index in [0.29, 0.717) is 19.4 Å². The quantitative estimate of drug-likeness (QED) is 0.712. The van der Waals surface area contributed by atoms with Gasteiger partial charge in [0.25, 0.3) is 0 Å². The van der Waals surface area contributed by atoms with Crippen LogP contribution >= 0.6 is 0 Å². The van der Waals surface area contributed by atoms with Gasteiger partial charge in [-0.1, -0.05) is 12.2 Å². The molecule has 0 saturated carbocycles. The van der Waals surface area contributed by atoms with E-state index >= 15 is 0 Å². The van der Waals surface area contributed by atoms with Crippen molar-refractivity contribution >= 4 is 11.9 Å². The van der Waals surface area contributed by atoms with Gasteiger partial charge in [-0.15, -0.1) is 0 Å². The average molecular weight is 211 g/mol. The second-order valence-corrected chi connectivity index (χ2v) is 3.85. The molecule has 15 heavy (non-hydrogen) atoms. The van der Waals surface area contributed by atoms with Crippen LogP contribution in [-0.4, -0.2) is 35.5 Å². The first-order chi connectivity index (χ1) is 7.07. The van der Waals surface area contributed by atoms with Crippen molar-refractivity contribution in [3.8, 4) is 0 Å². The molecule has 1 rings (SSSR count). The minimum absolute atomic E-state index is 0.0609. The van der Waals surface area contributed by atoms with Gasteiger partial charge in [-0.2, -0.15) is 0 Å². The van der Waals surface area contributed by atoms with Crippen molar-refractivity contribution in [2.45, 2.75) is 19.8 Å². The number of nitrogens with zero attached hydrogens (tertiary/aromatic N) is 1. The highest BCUT2D eigenvalue weighted by Gasteiger charge is 2.34. The molecule has 0 radical (unpaired) electrons. The van der Waals surface area contributed by atoms with Crippen LogP contribution in [0.3, 0.4) is 0 Å². The van der Waals surface area contributed by atoms with E-state index in [-0.39, 0.29) is 5.91 Å². The zero-order chi connectivity index (χ0) is 11.4. The Balaban J connectivity index is 2.77. The molecular weight excluding hydrogens is 194 g/mol. The average Bonchev–Trinajstić information content (AvgIpc) is 2.27. The molecule has 1 amide bonds. The summed E-state index contributed by atoms with van der Waals surface area (Å²) in [6.45, 7) is 2.50. The van der Waals surface area contributed by atoms with Gasteiger partial charge >= 0.3 is 5.97 Å². The first-order valence-corrected chi connectivity index (χ1v) is 5.20. The highest BCUT2D eigenvalue weighted by atomic mass is 16.4. The van der Waals surface area contributed by atoms with Crippen LogP contribution in [0, 0.1) is 11.8 Å². The van der Waals surface area contributed by atoms with Crippen LogP contribution in [0.15, 0.2) is 12.2 Å². The third-order valence-electron chi connectivity index (χ3n) is 2.92. The second-order valence-electron chi connectivity index (χ2n) is 3.85. The number of carbonyl (C=O) groups excluding carboxylic acids is 1. The van der Waals surface area contributed by atoms with Crippen molar-refractivity contribution < 1.29 is 14.7 Å². The molecule has 0 heterocycles. The lowest BCUT2D eigenvalue weighted by atomic mass is 9.82. The Kier molecular flexibility index (Phi) is 3.88. The largest absolute Gasteiger partial charge is 0.481 e. The van der Waals surface area contributed by atoms with Gasteiger partial charge in [0.2, 0.25) is 5.91 Å². The van der Waals surface area contributed by atoms with Crippen molar-refractivity contribution in [3.63, 3.8) is 0 Å². The van der Waals surface area contributed by atoms with Crippen LogP contribution in [0.2, 0.25) is 0 Å². The number of rotatable bonds is 3. The van der Waals surface area contributed by atoms with Crippen LogP contribution < -0.4 is 0 Å². The lowest BCUT2D eigenvalue weighted by Crippen LogP contribution is -2.39. The fraction of sp³-hybridized carbons (Fsp3) is 0.636. The maximum Gasteiger partial charge on any atom is 0.307 e. The summed E-state index contributed by atoms with van der Waals surface area (Å²) in [5.41, 5.74) is 0. The highest BCUT2D eigenvalue weighted by Crippen LogP contribution is 2.27. The molecule has 1 aliphatic rings. The van der Waals surface area contributed by atoms with Gasteiger partial charge in [0.05, 0.1) is 11.8 Å². The number of amides is 1. The topological polar surface area (TPSA) is 57.6 Å². The summed E-state index contributed by atoms with van der Waals surface area (Å²) in [5, 5.41) is 9.01. The second kappa shape index (κ2) is 4.96. The van der Waals surface area contributed by atoms with Crippen LogP contribution in [0.1, 0.15) is 19.8 Å². The SMILES string of the molecule is CCN(C)C(=O)[C@@H]1CC=CC[C@@H]1C(=O)O. The molecule has 0 aromatic heterocycles. The molecule has 0 spiro atoms. The monoisotopic (exact) mass is 211 g/mol. The molecule has 2 atom stereocenters. The summed E-state index contributed by atoms with van der Waals surface area (Å²) >= 11 is 0. The maximum atomic E-state index is 11.9. The van der Waals surface area contributed by atoms with Crippen LogP contribution in [0.4, 0.5) is 0 Å². The number of aliphatic carboxylic acids is 1. The Morgan fingerprint density at radius 3 is 2.33 bits per heavy atom. The number of hydrogen-bond acceptors (Lipinski definition) is 2. The summed E-state index contributed by atoms with van der Waals surface area (Å²) < 4.78 is 0. The Morgan fingerprint density at radius 1 is 1.33 bits per heavy atom. The number of carbonyl (C=O) groups is 2. The Bertz CT molecular complexity index is 286. The number of carboxylic acids is 1. The van der Waals surface area contributed by atoms with E-state index in [1.165, 1.54) is 0 Å². The zero-order valence-electron chi connectivity index (χ0n) is 9.14. The van der Waals surface area contributed by atoms with Crippen molar-refractivity contribution in [2.75, 3.05) is 13.6 Å². The first kappa shape index (κ1) is 11.8. The molecular formula is C11H17NO3. The molecule has 1 N–H and O–H groups in total. The van der Waals surface area contributed by atoms with E-state index in [0.717, 1.165) is 0 Å². The predicted octanol–water partition coefficient (Wildman–Crippen LogP) is 1.13. The molecule has 0 bridgehead atoms. The van der Waals surface area contributed by atoms with Gasteiger partial charge in [0.15, 0.2) is 0 Å². The van der Waals surface area contributed by atoms with E-state index in [9.17, 15) is 9.59 Å². The summed E-state index contributed by atoms with van der Waals surface area (Å²) in [6.07, 6.45) is 4.74. The van der Waals surface area contributed by atoms with Crippen molar-refractivity contribution in [2.24, 2.45) is 11.8 Å². The lowest BCUT2D eigenvalue weighted by Gasteiger charge is -2.28. The van der Waals surface area contributed by atoms with Crippen LogP contribution in [-0.2, 0) is 9.59 Å². The molecule has 1 aliphatic carbocycles. The Labute approximate surface area is 89.6 Å². The van der Waals surface area contributed by atoms with Gasteiger partial charge in [-0.3, -0.25) is 9.59 Å². The Morgan fingerprint density at radius 2 is 1.87 bits per heavy atom. The van der Waals surface area contributed by atoms with Crippen molar-refractivity contribution in [1.29, 1.82) is 0 Å². The summed E-state index contributed by atoms with van der Waals surface area (Å²) in [6, 6.07) is 0. The summed E-state index contributed by atoms with van der Waals surface area (Å²) in [5.74, 6) is -1.88. The van der Waals surface area contributed by atoms with Crippen LogP contribution in [0.25, 0.3) is 0 Å². The standard InChI is InChI=1S/C11H17NO3/c1-3-12(2)10(13)8-6-4-5-7-9(8)11(14)15/h4-5,8-9H,3,6-7H2,1-2H3,(H,14,15)/t8-,9+/m1/s1.